The lowest BCUT2D eigenvalue weighted by atomic mass is 10.0. The van der Waals surface area contributed by atoms with E-state index in [-0.39, 0.29) is 5.97 Å². The number of unbranched alkanes of at least 4 members (excludes halogenated alkanes) is 1. The summed E-state index contributed by atoms with van der Waals surface area (Å²) in [5.41, 5.74) is 1.41. The van der Waals surface area contributed by atoms with E-state index in [2.05, 4.69) is 52.0 Å². The van der Waals surface area contributed by atoms with Crippen LogP contribution in [0.5, 0.6) is 0 Å². The van der Waals surface area contributed by atoms with Crippen molar-refractivity contribution in [3.63, 3.8) is 0 Å². The SMILES string of the molecule is CCCCOC(=O)CN1CCN(C2CCN(Cc3ccccc3)CC2)CC1. The summed E-state index contributed by atoms with van der Waals surface area (Å²) in [6.45, 7) is 10.7. The van der Waals surface area contributed by atoms with Crippen molar-refractivity contribution in [2.45, 2.75) is 45.2 Å². The molecule has 0 spiro atoms. The van der Waals surface area contributed by atoms with Crippen LogP contribution in [0, 0.1) is 0 Å². The second kappa shape index (κ2) is 10.8. The number of nitrogens with zero attached hydrogens (tertiary/aromatic N) is 3. The molecule has 0 aromatic heterocycles. The van der Waals surface area contributed by atoms with E-state index in [4.69, 9.17) is 4.74 Å². The van der Waals surface area contributed by atoms with Crippen molar-refractivity contribution in [2.24, 2.45) is 0 Å². The zero-order valence-electron chi connectivity index (χ0n) is 16.8. The van der Waals surface area contributed by atoms with Crippen LogP contribution in [-0.2, 0) is 16.1 Å². The summed E-state index contributed by atoms with van der Waals surface area (Å²) < 4.78 is 5.29. The molecule has 0 unspecified atom stereocenters. The predicted octanol–water partition coefficient (Wildman–Crippen LogP) is 2.61. The van der Waals surface area contributed by atoms with Gasteiger partial charge in [-0.3, -0.25) is 19.5 Å². The number of hydrogen-bond donors (Lipinski definition) is 0. The molecule has 2 aliphatic heterocycles. The Kier molecular flexibility index (Phi) is 8.11. The molecule has 150 valence electrons. The summed E-state index contributed by atoms with van der Waals surface area (Å²) in [5.74, 6) is -0.0638. The third kappa shape index (κ3) is 6.59. The predicted molar refractivity (Wildman–Crippen MR) is 109 cm³/mol. The van der Waals surface area contributed by atoms with Crippen molar-refractivity contribution in [2.75, 3.05) is 52.4 Å². The van der Waals surface area contributed by atoms with Crippen LogP contribution in [0.2, 0.25) is 0 Å². The van der Waals surface area contributed by atoms with Gasteiger partial charge in [0.2, 0.25) is 0 Å². The number of carbonyl (C=O) groups is 1. The number of esters is 1. The standard InChI is InChI=1S/C22H35N3O2/c1-2-3-17-27-22(26)19-24-13-15-25(16-14-24)21-9-11-23(12-10-21)18-20-7-5-4-6-8-20/h4-8,21H,2-3,9-19H2,1H3. The first-order valence-corrected chi connectivity index (χ1v) is 10.6. The quantitative estimate of drug-likeness (QED) is 0.517. The van der Waals surface area contributed by atoms with E-state index in [0.717, 1.165) is 45.6 Å². The molecule has 0 N–H and O–H groups in total. The zero-order chi connectivity index (χ0) is 18.9. The maximum Gasteiger partial charge on any atom is 0.320 e. The molecule has 0 bridgehead atoms. The molecule has 0 radical (unpaired) electrons. The number of carbonyl (C=O) groups excluding carboxylic acids is 1. The number of rotatable bonds is 8. The fraction of sp³-hybridized carbons (Fsp3) is 0.682. The van der Waals surface area contributed by atoms with Gasteiger partial charge >= 0.3 is 5.97 Å². The number of ether oxygens (including phenoxy) is 1. The van der Waals surface area contributed by atoms with E-state index in [1.807, 2.05) is 0 Å². The van der Waals surface area contributed by atoms with Gasteiger partial charge in [0.05, 0.1) is 13.2 Å². The minimum atomic E-state index is -0.0638. The lowest BCUT2D eigenvalue weighted by Gasteiger charge is -2.42. The molecular weight excluding hydrogens is 338 g/mol. The van der Waals surface area contributed by atoms with Crippen LogP contribution in [0.25, 0.3) is 0 Å². The Morgan fingerprint density at radius 1 is 1.00 bits per heavy atom. The topological polar surface area (TPSA) is 36.0 Å². The van der Waals surface area contributed by atoms with Crippen molar-refractivity contribution in [1.29, 1.82) is 0 Å². The van der Waals surface area contributed by atoms with Gasteiger partial charge in [0.1, 0.15) is 0 Å². The van der Waals surface area contributed by atoms with Crippen LogP contribution in [0.1, 0.15) is 38.2 Å². The highest BCUT2D eigenvalue weighted by Gasteiger charge is 2.28. The van der Waals surface area contributed by atoms with Crippen LogP contribution in [0.3, 0.4) is 0 Å². The van der Waals surface area contributed by atoms with Crippen molar-refractivity contribution >= 4 is 5.97 Å². The monoisotopic (exact) mass is 373 g/mol. The molecule has 2 aliphatic rings. The maximum absolute atomic E-state index is 11.9. The van der Waals surface area contributed by atoms with E-state index < -0.39 is 0 Å². The highest BCUT2D eigenvalue weighted by molar-refractivity contribution is 5.71. The zero-order valence-corrected chi connectivity index (χ0v) is 16.8. The van der Waals surface area contributed by atoms with Crippen LogP contribution in [0.15, 0.2) is 30.3 Å². The van der Waals surface area contributed by atoms with Gasteiger partial charge in [0, 0.05) is 38.8 Å². The Morgan fingerprint density at radius 2 is 1.70 bits per heavy atom. The molecule has 27 heavy (non-hydrogen) atoms. The van der Waals surface area contributed by atoms with Gasteiger partial charge in [0.15, 0.2) is 0 Å². The Bertz CT molecular complexity index is 550. The number of hydrogen-bond acceptors (Lipinski definition) is 5. The van der Waals surface area contributed by atoms with Gasteiger partial charge in [0.25, 0.3) is 0 Å². The van der Waals surface area contributed by atoms with Crippen LogP contribution in [-0.4, -0.2) is 79.1 Å². The summed E-state index contributed by atoms with van der Waals surface area (Å²) in [6, 6.07) is 11.5. The van der Waals surface area contributed by atoms with Crippen LogP contribution in [0.4, 0.5) is 0 Å². The van der Waals surface area contributed by atoms with E-state index in [0.29, 0.717) is 19.2 Å². The Hall–Kier alpha value is -1.43. The smallest absolute Gasteiger partial charge is 0.320 e. The molecule has 1 aromatic rings. The van der Waals surface area contributed by atoms with Gasteiger partial charge in [-0.2, -0.15) is 0 Å². The van der Waals surface area contributed by atoms with Gasteiger partial charge in [-0.05, 0) is 37.9 Å². The highest BCUT2D eigenvalue weighted by Crippen LogP contribution is 2.20. The summed E-state index contributed by atoms with van der Waals surface area (Å²) in [4.78, 5) is 19.3. The largest absolute Gasteiger partial charge is 0.465 e. The van der Waals surface area contributed by atoms with E-state index in [9.17, 15) is 4.79 Å². The lowest BCUT2D eigenvalue weighted by Crippen LogP contribution is -2.53. The molecule has 1 aromatic carbocycles. The molecule has 0 aliphatic carbocycles. The summed E-state index contributed by atoms with van der Waals surface area (Å²) in [6.07, 6.45) is 4.54. The summed E-state index contributed by atoms with van der Waals surface area (Å²) >= 11 is 0. The molecule has 5 nitrogen and oxygen atoms in total. The van der Waals surface area contributed by atoms with E-state index in [1.54, 1.807) is 0 Å². The fourth-order valence-corrected chi connectivity index (χ4v) is 4.13. The van der Waals surface area contributed by atoms with Crippen molar-refractivity contribution in [3.05, 3.63) is 35.9 Å². The average molecular weight is 374 g/mol. The molecule has 2 fully saturated rings. The first-order valence-electron chi connectivity index (χ1n) is 10.6. The van der Waals surface area contributed by atoms with Crippen LogP contribution >= 0.6 is 0 Å². The van der Waals surface area contributed by atoms with Crippen molar-refractivity contribution < 1.29 is 9.53 Å². The Balaban J connectivity index is 1.33. The molecule has 5 heteroatoms. The van der Waals surface area contributed by atoms with Gasteiger partial charge in [-0.15, -0.1) is 0 Å². The first kappa shape index (κ1) is 20.3. The molecule has 2 heterocycles. The first-order chi connectivity index (χ1) is 13.2. The normalized spacial score (nSPS) is 20.6. The van der Waals surface area contributed by atoms with Crippen molar-refractivity contribution in [1.82, 2.24) is 14.7 Å². The van der Waals surface area contributed by atoms with E-state index in [1.165, 1.54) is 31.5 Å². The summed E-state index contributed by atoms with van der Waals surface area (Å²) in [5, 5.41) is 0. The number of piperazine rings is 1. The third-order valence-electron chi connectivity index (χ3n) is 5.84. The molecule has 0 atom stereocenters. The fourth-order valence-electron chi connectivity index (χ4n) is 4.13. The van der Waals surface area contributed by atoms with Gasteiger partial charge in [-0.25, -0.2) is 0 Å². The lowest BCUT2D eigenvalue weighted by molar-refractivity contribution is -0.145. The minimum absolute atomic E-state index is 0.0638. The second-order valence-corrected chi connectivity index (χ2v) is 7.88. The minimum Gasteiger partial charge on any atom is -0.465 e. The maximum atomic E-state index is 11.9. The highest BCUT2D eigenvalue weighted by atomic mass is 16.5. The number of piperidine rings is 1. The molecule has 0 amide bonds. The van der Waals surface area contributed by atoms with Gasteiger partial charge < -0.3 is 4.74 Å². The summed E-state index contributed by atoms with van der Waals surface area (Å²) in [7, 11) is 0. The molecule has 0 saturated carbocycles. The number of benzene rings is 1. The Morgan fingerprint density at radius 3 is 2.37 bits per heavy atom. The average Bonchev–Trinajstić information content (AvgIpc) is 2.70. The Labute approximate surface area is 164 Å². The van der Waals surface area contributed by atoms with Crippen molar-refractivity contribution in [3.8, 4) is 0 Å². The third-order valence-corrected chi connectivity index (χ3v) is 5.84. The van der Waals surface area contributed by atoms with Crippen LogP contribution < -0.4 is 0 Å². The molecule has 2 saturated heterocycles. The number of likely N-dealkylation sites (tertiary alicyclic amines) is 1. The molecular formula is C22H35N3O2. The van der Waals surface area contributed by atoms with Gasteiger partial charge in [-0.1, -0.05) is 43.7 Å². The van der Waals surface area contributed by atoms with E-state index >= 15 is 0 Å². The molecule has 3 rings (SSSR count). The second-order valence-electron chi connectivity index (χ2n) is 7.88.